The summed E-state index contributed by atoms with van der Waals surface area (Å²) in [6, 6.07) is 3.75. The van der Waals surface area contributed by atoms with Gasteiger partial charge in [0, 0.05) is 29.5 Å². The standard InChI is InChI=1S/C20H17F3N6O5S/c1-32-18-15(34-9-21)19(33-2)28-20(27-18)29-8-12(35(24,30)31)10-4-5-11(16(22)23)13(14(10)29)17-25-6-3-7-26-17/h3-8,16H,9H2,1-2H3,(H2,24,30,31). The minimum Gasteiger partial charge on any atom is -0.478 e. The van der Waals surface area contributed by atoms with E-state index in [2.05, 4.69) is 19.9 Å². The van der Waals surface area contributed by atoms with Gasteiger partial charge in [-0.3, -0.25) is 4.57 Å². The van der Waals surface area contributed by atoms with Crippen molar-refractivity contribution in [1.82, 2.24) is 24.5 Å². The Hall–Kier alpha value is -3.98. The molecule has 0 fully saturated rings. The van der Waals surface area contributed by atoms with Gasteiger partial charge in [0.25, 0.3) is 18.2 Å². The predicted octanol–water partition coefficient (Wildman–Crippen LogP) is 2.79. The first-order valence-electron chi connectivity index (χ1n) is 9.66. The number of fused-ring (bicyclic) bond motifs is 1. The van der Waals surface area contributed by atoms with Gasteiger partial charge in [0.15, 0.2) is 5.82 Å². The number of benzene rings is 1. The molecular weight excluding hydrogens is 493 g/mol. The van der Waals surface area contributed by atoms with Crippen molar-refractivity contribution in [3.8, 4) is 34.8 Å². The first-order chi connectivity index (χ1) is 16.7. The second-order valence-electron chi connectivity index (χ2n) is 6.83. The number of ether oxygens (including phenoxy) is 3. The van der Waals surface area contributed by atoms with Crippen LogP contribution in [0, 0.1) is 0 Å². The average Bonchev–Trinajstić information content (AvgIpc) is 3.24. The van der Waals surface area contributed by atoms with Crippen LogP contribution in [0.5, 0.6) is 17.5 Å². The Labute approximate surface area is 196 Å². The first-order valence-corrected chi connectivity index (χ1v) is 11.2. The summed E-state index contributed by atoms with van der Waals surface area (Å²) in [5.74, 6) is -1.15. The number of primary sulfonamides is 1. The molecule has 15 heteroatoms. The lowest BCUT2D eigenvalue weighted by Crippen LogP contribution is -2.11. The third kappa shape index (κ3) is 4.30. The highest BCUT2D eigenvalue weighted by Crippen LogP contribution is 2.41. The summed E-state index contributed by atoms with van der Waals surface area (Å²) >= 11 is 0. The lowest BCUT2D eigenvalue weighted by atomic mass is 10.0. The summed E-state index contributed by atoms with van der Waals surface area (Å²) in [5.41, 5.74) is -0.708. The number of sulfonamides is 1. The number of nitrogens with two attached hydrogens (primary N) is 1. The first kappa shape index (κ1) is 24.2. The van der Waals surface area contributed by atoms with Gasteiger partial charge >= 0.3 is 0 Å². The summed E-state index contributed by atoms with van der Waals surface area (Å²) < 4.78 is 82.0. The van der Waals surface area contributed by atoms with Gasteiger partial charge in [-0.25, -0.2) is 36.7 Å². The zero-order valence-electron chi connectivity index (χ0n) is 18.1. The molecule has 2 N–H and O–H groups in total. The molecule has 0 saturated heterocycles. The van der Waals surface area contributed by atoms with E-state index in [1.807, 2.05) is 0 Å². The van der Waals surface area contributed by atoms with Crippen LogP contribution in [0.1, 0.15) is 12.0 Å². The van der Waals surface area contributed by atoms with Gasteiger partial charge in [0.1, 0.15) is 4.90 Å². The largest absolute Gasteiger partial charge is 0.478 e. The smallest absolute Gasteiger partial charge is 0.266 e. The molecule has 1 aromatic carbocycles. The average molecular weight is 510 g/mol. The lowest BCUT2D eigenvalue weighted by molar-refractivity contribution is 0.152. The lowest BCUT2D eigenvalue weighted by Gasteiger charge is -2.15. The molecule has 4 aromatic rings. The second kappa shape index (κ2) is 9.34. The summed E-state index contributed by atoms with van der Waals surface area (Å²) in [4.78, 5) is 16.0. The number of aromatic nitrogens is 5. The van der Waals surface area contributed by atoms with Crippen LogP contribution in [0.2, 0.25) is 0 Å². The zero-order chi connectivity index (χ0) is 25.3. The van der Waals surface area contributed by atoms with Crippen molar-refractivity contribution in [2.45, 2.75) is 11.3 Å². The maximum atomic E-state index is 14.1. The fourth-order valence-electron chi connectivity index (χ4n) is 3.50. The molecule has 3 heterocycles. The molecule has 35 heavy (non-hydrogen) atoms. The van der Waals surface area contributed by atoms with Crippen molar-refractivity contribution in [3.63, 3.8) is 0 Å². The van der Waals surface area contributed by atoms with Crippen LogP contribution < -0.4 is 19.3 Å². The maximum absolute atomic E-state index is 14.1. The summed E-state index contributed by atoms with van der Waals surface area (Å²) in [5, 5.41) is 5.40. The van der Waals surface area contributed by atoms with Gasteiger partial charge in [0.2, 0.25) is 28.6 Å². The van der Waals surface area contributed by atoms with E-state index in [1.54, 1.807) is 0 Å². The van der Waals surface area contributed by atoms with Crippen LogP contribution in [-0.2, 0) is 10.0 Å². The van der Waals surface area contributed by atoms with Crippen molar-refractivity contribution in [1.29, 1.82) is 0 Å². The normalized spacial score (nSPS) is 11.7. The highest BCUT2D eigenvalue weighted by molar-refractivity contribution is 7.89. The Balaban J connectivity index is 2.18. The Morgan fingerprint density at radius 2 is 1.71 bits per heavy atom. The van der Waals surface area contributed by atoms with E-state index >= 15 is 0 Å². The number of methoxy groups -OCH3 is 2. The molecule has 11 nitrogen and oxygen atoms in total. The molecule has 0 aliphatic carbocycles. The Bertz CT molecular complexity index is 1470. The van der Waals surface area contributed by atoms with Crippen molar-refractivity contribution < 1.29 is 35.8 Å². The number of rotatable bonds is 8. The molecule has 0 spiro atoms. The minimum atomic E-state index is -4.34. The Morgan fingerprint density at radius 1 is 1.09 bits per heavy atom. The Kier molecular flexibility index (Phi) is 6.45. The van der Waals surface area contributed by atoms with Crippen molar-refractivity contribution in [2.24, 2.45) is 5.14 Å². The van der Waals surface area contributed by atoms with Gasteiger partial charge in [-0.1, -0.05) is 12.1 Å². The molecule has 0 aliphatic heterocycles. The van der Waals surface area contributed by atoms with Crippen molar-refractivity contribution >= 4 is 20.9 Å². The molecule has 0 unspecified atom stereocenters. The molecule has 0 radical (unpaired) electrons. The van der Waals surface area contributed by atoms with Crippen molar-refractivity contribution in [3.05, 3.63) is 42.4 Å². The fourth-order valence-corrected chi connectivity index (χ4v) is 4.22. The SMILES string of the molecule is COc1nc(-n2cc(S(N)(=O)=O)c3ccc(C(F)F)c(-c4ncccn4)c32)nc(OC)c1OCF. The van der Waals surface area contributed by atoms with Gasteiger partial charge in [-0.2, -0.15) is 9.97 Å². The van der Waals surface area contributed by atoms with E-state index in [1.165, 1.54) is 38.7 Å². The Morgan fingerprint density at radius 3 is 2.23 bits per heavy atom. The molecule has 0 atom stereocenters. The minimum absolute atomic E-state index is 0.00929. The van der Waals surface area contributed by atoms with E-state index < -0.39 is 33.8 Å². The third-order valence-electron chi connectivity index (χ3n) is 4.89. The maximum Gasteiger partial charge on any atom is 0.266 e. The summed E-state index contributed by atoms with van der Waals surface area (Å²) in [6.45, 7) is -1.25. The fraction of sp³-hybridized carbons (Fsp3) is 0.200. The molecule has 0 bridgehead atoms. The monoisotopic (exact) mass is 510 g/mol. The van der Waals surface area contributed by atoms with E-state index in [0.717, 1.165) is 16.8 Å². The van der Waals surface area contributed by atoms with Crippen LogP contribution >= 0.6 is 0 Å². The van der Waals surface area contributed by atoms with Crippen LogP contribution in [0.15, 0.2) is 41.7 Å². The van der Waals surface area contributed by atoms with Crippen LogP contribution in [0.4, 0.5) is 13.2 Å². The van der Waals surface area contributed by atoms with E-state index in [-0.39, 0.29) is 45.7 Å². The number of halogens is 3. The third-order valence-corrected chi connectivity index (χ3v) is 5.82. The van der Waals surface area contributed by atoms with E-state index in [9.17, 15) is 21.6 Å². The number of hydrogen-bond donors (Lipinski definition) is 1. The quantitative estimate of drug-likeness (QED) is 0.378. The highest BCUT2D eigenvalue weighted by Gasteiger charge is 2.28. The molecular formula is C20H17F3N6O5S. The predicted molar refractivity (Wildman–Crippen MR) is 116 cm³/mol. The molecule has 0 aliphatic rings. The number of nitrogens with zero attached hydrogens (tertiary/aromatic N) is 5. The second-order valence-corrected chi connectivity index (χ2v) is 8.36. The number of hydrogen-bond acceptors (Lipinski definition) is 9. The topological polar surface area (TPSA) is 144 Å². The summed E-state index contributed by atoms with van der Waals surface area (Å²) in [6.07, 6.45) is 0.780. The van der Waals surface area contributed by atoms with E-state index in [4.69, 9.17) is 19.3 Å². The van der Waals surface area contributed by atoms with Gasteiger partial charge in [-0.15, -0.1) is 0 Å². The van der Waals surface area contributed by atoms with Crippen LogP contribution in [0.3, 0.4) is 0 Å². The molecule has 4 rings (SSSR count). The number of alkyl halides is 3. The van der Waals surface area contributed by atoms with Crippen LogP contribution in [0.25, 0.3) is 28.2 Å². The van der Waals surface area contributed by atoms with E-state index in [0.29, 0.717) is 0 Å². The highest BCUT2D eigenvalue weighted by atomic mass is 32.2. The molecule has 3 aromatic heterocycles. The van der Waals surface area contributed by atoms with Crippen molar-refractivity contribution in [2.75, 3.05) is 21.1 Å². The van der Waals surface area contributed by atoms with Gasteiger partial charge in [0.05, 0.1) is 25.3 Å². The summed E-state index contributed by atoms with van der Waals surface area (Å²) in [7, 11) is -1.90. The molecule has 184 valence electrons. The van der Waals surface area contributed by atoms with Crippen LogP contribution in [-0.4, -0.2) is 54.0 Å². The molecule has 0 amide bonds. The zero-order valence-corrected chi connectivity index (χ0v) is 19.0. The van der Waals surface area contributed by atoms with Gasteiger partial charge in [-0.05, 0) is 6.07 Å². The molecule has 0 saturated carbocycles. The van der Waals surface area contributed by atoms with Gasteiger partial charge < -0.3 is 14.2 Å².